The van der Waals surface area contributed by atoms with Crippen LogP contribution in [0.15, 0.2) is 29.8 Å². The summed E-state index contributed by atoms with van der Waals surface area (Å²) in [5, 5.41) is 8.05. The van der Waals surface area contributed by atoms with Crippen LogP contribution < -0.4 is 4.72 Å². The summed E-state index contributed by atoms with van der Waals surface area (Å²) in [5.74, 6) is -3.19. The minimum atomic E-state index is -4.14. The fraction of sp³-hybridized carbons (Fsp3) is 0.438. The zero-order valence-electron chi connectivity index (χ0n) is 13.6. The van der Waals surface area contributed by atoms with Crippen molar-refractivity contribution in [3.05, 3.63) is 40.7 Å². The molecule has 2 aliphatic rings. The van der Waals surface area contributed by atoms with Crippen LogP contribution in [0.2, 0.25) is 5.02 Å². The third-order valence-corrected chi connectivity index (χ3v) is 6.32. The highest BCUT2D eigenvalue weighted by Crippen LogP contribution is 2.37. The zero-order chi connectivity index (χ0) is 18.9. The molecule has 0 amide bonds. The van der Waals surface area contributed by atoms with E-state index >= 15 is 0 Å². The zero-order valence-corrected chi connectivity index (χ0v) is 15.1. The lowest BCUT2D eigenvalue weighted by atomic mass is 9.93. The fourth-order valence-electron chi connectivity index (χ4n) is 3.03. The molecule has 1 fully saturated rings. The number of carboxylic acids is 1. The number of halogens is 2. The molecule has 0 bridgehead atoms. The molecule has 1 saturated heterocycles. The van der Waals surface area contributed by atoms with E-state index in [-0.39, 0.29) is 29.1 Å². The standard InChI is InChI=1S/C16H17ClFNO6S/c17-12-8-10(18)2-3-13(12)19-26(22,23)14-4-5-16(9-11(14)15(20)21)24-6-1-7-25-16/h2-3,8-9,14,19H,1,4-7H2,(H,20,21). The molecule has 1 aliphatic heterocycles. The van der Waals surface area contributed by atoms with Crippen LogP contribution in [-0.2, 0) is 24.3 Å². The summed E-state index contributed by atoms with van der Waals surface area (Å²) in [6.07, 6.45) is 2.11. The van der Waals surface area contributed by atoms with Gasteiger partial charge in [0.15, 0.2) is 5.79 Å². The molecule has 2 N–H and O–H groups in total. The summed E-state index contributed by atoms with van der Waals surface area (Å²) < 4.78 is 52.0. The average Bonchev–Trinajstić information content (AvgIpc) is 2.58. The van der Waals surface area contributed by atoms with Crippen LogP contribution in [0.3, 0.4) is 0 Å². The fourth-order valence-corrected chi connectivity index (χ4v) is 4.85. The van der Waals surface area contributed by atoms with Gasteiger partial charge in [0.2, 0.25) is 10.0 Å². The van der Waals surface area contributed by atoms with Gasteiger partial charge in [0, 0.05) is 6.42 Å². The molecule has 10 heteroatoms. The largest absolute Gasteiger partial charge is 0.478 e. The van der Waals surface area contributed by atoms with Gasteiger partial charge in [-0.1, -0.05) is 11.6 Å². The van der Waals surface area contributed by atoms with E-state index in [9.17, 15) is 22.7 Å². The van der Waals surface area contributed by atoms with Crippen LogP contribution in [0.4, 0.5) is 10.1 Å². The van der Waals surface area contributed by atoms with Crippen LogP contribution in [0.1, 0.15) is 19.3 Å². The molecule has 1 spiro atoms. The highest BCUT2D eigenvalue weighted by atomic mass is 35.5. The van der Waals surface area contributed by atoms with Gasteiger partial charge in [0.05, 0.1) is 29.5 Å². The Labute approximate surface area is 154 Å². The first-order valence-corrected chi connectivity index (χ1v) is 9.85. The predicted molar refractivity (Wildman–Crippen MR) is 91.9 cm³/mol. The van der Waals surface area contributed by atoms with Crippen LogP contribution in [-0.4, -0.2) is 43.7 Å². The number of hydrogen-bond acceptors (Lipinski definition) is 5. The van der Waals surface area contributed by atoms with E-state index < -0.39 is 32.8 Å². The smallest absolute Gasteiger partial charge is 0.332 e. The second-order valence-electron chi connectivity index (χ2n) is 6.07. The molecule has 142 valence electrons. The molecule has 1 aromatic rings. The summed E-state index contributed by atoms with van der Waals surface area (Å²) in [6.45, 7) is 0.814. The molecule has 1 aromatic carbocycles. The van der Waals surface area contributed by atoms with Crippen molar-refractivity contribution in [1.82, 2.24) is 0 Å². The van der Waals surface area contributed by atoms with Crippen LogP contribution in [0.25, 0.3) is 0 Å². The Morgan fingerprint density at radius 1 is 1.35 bits per heavy atom. The third-order valence-electron chi connectivity index (χ3n) is 4.26. The Bertz CT molecular complexity index is 850. The Morgan fingerprint density at radius 3 is 2.65 bits per heavy atom. The van der Waals surface area contributed by atoms with Crippen LogP contribution in [0, 0.1) is 5.82 Å². The molecule has 26 heavy (non-hydrogen) atoms. The summed E-state index contributed by atoms with van der Waals surface area (Å²) >= 11 is 5.85. The number of hydrogen-bond donors (Lipinski definition) is 2. The molecular formula is C16H17ClFNO6S. The van der Waals surface area contributed by atoms with E-state index in [4.69, 9.17) is 21.1 Å². The van der Waals surface area contributed by atoms with E-state index in [0.717, 1.165) is 12.1 Å². The summed E-state index contributed by atoms with van der Waals surface area (Å²) in [5.41, 5.74) is -0.354. The second-order valence-corrected chi connectivity index (χ2v) is 8.34. The lowest BCUT2D eigenvalue weighted by Gasteiger charge is -2.39. The Kier molecular flexibility index (Phi) is 5.25. The highest BCUT2D eigenvalue weighted by Gasteiger charge is 2.45. The first-order chi connectivity index (χ1) is 12.2. The van der Waals surface area contributed by atoms with Gasteiger partial charge in [-0.05, 0) is 37.1 Å². The molecule has 1 unspecified atom stereocenters. The van der Waals surface area contributed by atoms with Gasteiger partial charge >= 0.3 is 5.97 Å². The number of carbonyl (C=O) groups is 1. The minimum Gasteiger partial charge on any atom is -0.478 e. The molecule has 0 saturated carbocycles. The van der Waals surface area contributed by atoms with Crippen molar-refractivity contribution in [3.63, 3.8) is 0 Å². The van der Waals surface area contributed by atoms with Crippen LogP contribution >= 0.6 is 11.6 Å². The summed E-state index contributed by atoms with van der Waals surface area (Å²) in [7, 11) is -4.14. The predicted octanol–water partition coefficient (Wildman–Crippen LogP) is 2.53. The van der Waals surface area contributed by atoms with Crippen molar-refractivity contribution in [2.45, 2.75) is 30.3 Å². The molecule has 0 radical (unpaired) electrons. The van der Waals surface area contributed by atoms with Crippen molar-refractivity contribution in [2.75, 3.05) is 17.9 Å². The van der Waals surface area contributed by atoms with Crippen LogP contribution in [0.5, 0.6) is 0 Å². The molecule has 1 aliphatic carbocycles. The first kappa shape index (κ1) is 19.1. The summed E-state index contributed by atoms with van der Waals surface area (Å²) in [6, 6.07) is 3.20. The maximum atomic E-state index is 13.1. The van der Waals surface area contributed by atoms with Crippen molar-refractivity contribution in [3.8, 4) is 0 Å². The van der Waals surface area contributed by atoms with Crippen molar-refractivity contribution in [1.29, 1.82) is 0 Å². The number of aliphatic carboxylic acids is 1. The number of sulfonamides is 1. The van der Waals surface area contributed by atoms with Crippen molar-refractivity contribution in [2.24, 2.45) is 0 Å². The average molecular weight is 406 g/mol. The normalized spacial score (nSPS) is 22.7. The SMILES string of the molecule is O=C(O)C1=CC2(CCC1S(=O)(=O)Nc1ccc(F)cc1Cl)OCCCO2. The number of anilines is 1. The second kappa shape index (κ2) is 7.15. The number of benzene rings is 1. The molecule has 3 rings (SSSR count). The first-order valence-electron chi connectivity index (χ1n) is 7.93. The van der Waals surface area contributed by atoms with E-state index in [1.54, 1.807) is 0 Å². The lowest BCUT2D eigenvalue weighted by molar-refractivity contribution is -0.242. The quantitative estimate of drug-likeness (QED) is 0.798. The monoisotopic (exact) mass is 405 g/mol. The van der Waals surface area contributed by atoms with E-state index in [2.05, 4.69) is 4.72 Å². The van der Waals surface area contributed by atoms with E-state index in [1.165, 1.54) is 12.1 Å². The third kappa shape index (κ3) is 3.85. The lowest BCUT2D eigenvalue weighted by Crippen LogP contribution is -2.46. The molecule has 1 heterocycles. The van der Waals surface area contributed by atoms with Gasteiger partial charge in [0.1, 0.15) is 11.1 Å². The molecule has 1 atom stereocenters. The number of carboxylic acid groups (broad SMARTS) is 1. The van der Waals surface area contributed by atoms with Crippen molar-refractivity contribution >= 4 is 33.3 Å². The number of nitrogens with one attached hydrogen (secondary N) is 1. The summed E-state index contributed by atoms with van der Waals surface area (Å²) in [4.78, 5) is 11.7. The Hall–Kier alpha value is -1.68. The number of rotatable bonds is 4. The van der Waals surface area contributed by atoms with Crippen molar-refractivity contribution < 1.29 is 32.2 Å². The van der Waals surface area contributed by atoms with E-state index in [1.807, 2.05) is 0 Å². The maximum Gasteiger partial charge on any atom is 0.332 e. The maximum absolute atomic E-state index is 13.1. The molecular weight excluding hydrogens is 389 g/mol. The molecule has 7 nitrogen and oxygen atoms in total. The van der Waals surface area contributed by atoms with Gasteiger partial charge in [-0.3, -0.25) is 4.72 Å². The van der Waals surface area contributed by atoms with Gasteiger partial charge in [-0.25, -0.2) is 17.6 Å². The van der Waals surface area contributed by atoms with Gasteiger partial charge in [-0.2, -0.15) is 0 Å². The Morgan fingerprint density at radius 2 is 2.04 bits per heavy atom. The Balaban J connectivity index is 1.91. The number of ether oxygens (including phenoxy) is 2. The minimum absolute atomic E-state index is 0.00766. The van der Waals surface area contributed by atoms with Gasteiger partial charge in [0.25, 0.3) is 0 Å². The highest BCUT2D eigenvalue weighted by molar-refractivity contribution is 7.93. The van der Waals surface area contributed by atoms with E-state index in [0.29, 0.717) is 19.6 Å². The van der Waals surface area contributed by atoms with Gasteiger partial charge in [-0.15, -0.1) is 0 Å². The molecule has 0 aromatic heterocycles. The topological polar surface area (TPSA) is 102 Å². The van der Waals surface area contributed by atoms with Gasteiger partial charge < -0.3 is 14.6 Å².